The molecule has 9 rings (SSSR count). The van der Waals surface area contributed by atoms with Crippen LogP contribution < -0.4 is 21.4 Å². The molecule has 1 saturated carbocycles. The Hall–Kier alpha value is -7.15. The highest BCUT2D eigenvalue weighted by Crippen LogP contribution is 2.40. The summed E-state index contributed by atoms with van der Waals surface area (Å²) in [6.45, 7) is 1.27. The average molecular weight is 829 g/mol. The summed E-state index contributed by atoms with van der Waals surface area (Å²) >= 11 is 0. The van der Waals surface area contributed by atoms with Crippen LogP contribution in [0.1, 0.15) is 95.7 Å². The van der Waals surface area contributed by atoms with Gasteiger partial charge in [0.15, 0.2) is 0 Å². The van der Waals surface area contributed by atoms with Crippen molar-refractivity contribution in [3.05, 3.63) is 137 Å². The Kier molecular flexibility index (Phi) is 11.3. The summed E-state index contributed by atoms with van der Waals surface area (Å²) < 4.78 is 4.33. The third-order valence-electron chi connectivity index (χ3n) is 12.3. The number of amides is 5. The number of carbonyl (C=O) groups is 5. The van der Waals surface area contributed by atoms with Crippen molar-refractivity contribution in [2.45, 2.75) is 83.0 Å². The van der Waals surface area contributed by atoms with Gasteiger partial charge in [0.25, 0.3) is 11.8 Å². The highest BCUT2D eigenvalue weighted by atomic mass is 16.2. The second-order valence-corrected chi connectivity index (χ2v) is 16.3. The van der Waals surface area contributed by atoms with Crippen molar-refractivity contribution in [3.8, 4) is 22.4 Å². The van der Waals surface area contributed by atoms with Crippen LogP contribution in [-0.2, 0) is 27.5 Å². The fourth-order valence-electron chi connectivity index (χ4n) is 9.21. The molecule has 0 radical (unpaired) electrons. The molecule has 13 nitrogen and oxygen atoms in total. The van der Waals surface area contributed by atoms with Gasteiger partial charge in [-0.25, -0.2) is 4.98 Å². The number of nitrogens with one attached hydrogen (secondary N) is 4. The second kappa shape index (κ2) is 17.4. The SMILES string of the molecule is N=c1c2c(-c3ccccc3)c(-c3ccccc3)n(Cc3ccc(CNC(=O)CCCNc4cccc5c4C(=O)N(C4CCC(=O)NC4=O)C5=O)cc3)c2ncn1C1CCCCC1. The maximum atomic E-state index is 13.4. The average Bonchev–Trinajstić information content (AvgIpc) is 3.76. The summed E-state index contributed by atoms with van der Waals surface area (Å²) in [6, 6.07) is 33.0. The number of nitrogens with zero attached hydrogens (tertiary/aromatic N) is 4. The number of benzene rings is 4. The van der Waals surface area contributed by atoms with Gasteiger partial charge in [0.1, 0.15) is 17.2 Å². The van der Waals surface area contributed by atoms with Crippen molar-refractivity contribution in [1.82, 2.24) is 29.7 Å². The lowest BCUT2D eigenvalue weighted by Gasteiger charge is -2.27. The lowest BCUT2D eigenvalue weighted by atomic mass is 9.95. The predicted octanol–water partition coefficient (Wildman–Crippen LogP) is 7.11. The number of hydrogen-bond acceptors (Lipinski definition) is 8. The van der Waals surface area contributed by atoms with Gasteiger partial charge < -0.3 is 19.8 Å². The van der Waals surface area contributed by atoms with E-state index >= 15 is 0 Å². The van der Waals surface area contributed by atoms with Crippen LogP contribution in [0.25, 0.3) is 33.4 Å². The Morgan fingerprint density at radius 3 is 2.21 bits per heavy atom. The molecular weight excluding hydrogens is 781 g/mol. The molecule has 0 spiro atoms. The molecule has 4 N–H and O–H groups in total. The molecule has 6 aromatic rings. The Morgan fingerprint density at radius 2 is 1.48 bits per heavy atom. The van der Waals surface area contributed by atoms with Gasteiger partial charge in [-0.15, -0.1) is 0 Å². The molecule has 62 heavy (non-hydrogen) atoms. The van der Waals surface area contributed by atoms with Crippen molar-refractivity contribution in [3.63, 3.8) is 0 Å². The minimum Gasteiger partial charge on any atom is -0.384 e. The predicted molar refractivity (Wildman–Crippen MR) is 235 cm³/mol. The number of aromatic nitrogens is 3. The minimum absolute atomic E-state index is 0.0488. The molecule has 1 atom stereocenters. The van der Waals surface area contributed by atoms with E-state index < -0.39 is 29.7 Å². The lowest BCUT2D eigenvalue weighted by molar-refractivity contribution is -0.136. The number of piperidine rings is 1. The molecular formula is C49H48N8O5. The number of imide groups is 2. The van der Waals surface area contributed by atoms with Gasteiger partial charge >= 0.3 is 0 Å². The van der Waals surface area contributed by atoms with E-state index in [1.165, 1.54) is 6.42 Å². The molecule has 5 amide bonds. The van der Waals surface area contributed by atoms with Gasteiger partial charge in [0, 0.05) is 49.8 Å². The van der Waals surface area contributed by atoms with Gasteiger partial charge in [-0.1, -0.05) is 110 Å². The molecule has 2 fully saturated rings. The number of anilines is 1. The molecule has 3 aliphatic rings. The molecule has 13 heteroatoms. The van der Waals surface area contributed by atoms with Gasteiger partial charge in [-0.2, -0.15) is 0 Å². The van der Waals surface area contributed by atoms with Gasteiger partial charge in [0.05, 0.1) is 28.5 Å². The maximum absolute atomic E-state index is 13.4. The smallest absolute Gasteiger partial charge is 0.264 e. The zero-order valence-electron chi connectivity index (χ0n) is 34.4. The molecule has 4 heterocycles. The third-order valence-corrected chi connectivity index (χ3v) is 12.3. The molecule has 4 aromatic carbocycles. The normalized spacial score (nSPS) is 16.7. The highest BCUT2D eigenvalue weighted by molar-refractivity contribution is 6.25. The summed E-state index contributed by atoms with van der Waals surface area (Å²) in [7, 11) is 0. The first-order chi connectivity index (χ1) is 30.3. The quantitative estimate of drug-likeness (QED) is 0.0710. The standard InChI is InChI=1S/C49H48N8O5/c50-45-43-41(33-12-4-1-5-13-33)44(34-14-6-2-7-15-34)55(46(43)53-30-56(45)35-16-8-3-9-17-35)29-32-23-21-31(22-24-32)28-52-39(58)20-11-27-51-37-19-10-18-36-42(37)49(62)57(48(36)61)38-25-26-40(59)54-47(38)60/h1-2,4-7,10,12-15,18-19,21-24,30,35,38,50-51H,3,8-9,11,16-17,20,25-29H2,(H,52,58)(H,54,59,60). The van der Waals surface area contributed by atoms with E-state index in [1.807, 2.05) is 54.9 Å². The van der Waals surface area contributed by atoms with Crippen LogP contribution in [0.15, 0.2) is 109 Å². The van der Waals surface area contributed by atoms with Crippen LogP contribution in [-0.4, -0.2) is 61.1 Å². The first-order valence-electron chi connectivity index (χ1n) is 21.5. The van der Waals surface area contributed by atoms with Gasteiger partial charge in [0.2, 0.25) is 17.7 Å². The Bertz CT molecular complexity index is 2760. The summed E-state index contributed by atoms with van der Waals surface area (Å²) in [6.07, 6.45) is 8.40. The van der Waals surface area contributed by atoms with Crippen LogP contribution in [0.3, 0.4) is 0 Å². The van der Waals surface area contributed by atoms with Crippen LogP contribution >= 0.6 is 0 Å². The van der Waals surface area contributed by atoms with Crippen molar-refractivity contribution >= 4 is 46.3 Å². The first-order valence-corrected chi connectivity index (χ1v) is 21.5. The van der Waals surface area contributed by atoms with Crippen LogP contribution in [0.5, 0.6) is 0 Å². The summed E-state index contributed by atoms with van der Waals surface area (Å²) in [5.41, 5.74) is 8.25. The van der Waals surface area contributed by atoms with E-state index in [2.05, 4.69) is 61.5 Å². The maximum Gasteiger partial charge on any atom is 0.264 e. The molecule has 1 unspecified atom stereocenters. The Labute approximate surface area is 358 Å². The van der Waals surface area contributed by atoms with Crippen molar-refractivity contribution in [2.24, 2.45) is 0 Å². The molecule has 2 aromatic heterocycles. The number of rotatable bonds is 13. The summed E-state index contributed by atoms with van der Waals surface area (Å²) in [4.78, 5) is 69.7. The Balaban J connectivity index is 0.867. The number of carbonyl (C=O) groups excluding carboxylic acids is 5. The third kappa shape index (κ3) is 7.81. The Morgan fingerprint density at radius 1 is 0.774 bits per heavy atom. The van der Waals surface area contributed by atoms with Gasteiger partial charge in [-0.05, 0) is 60.1 Å². The molecule has 2 aliphatic heterocycles. The van der Waals surface area contributed by atoms with Crippen LogP contribution in [0.2, 0.25) is 0 Å². The van der Waals surface area contributed by atoms with E-state index in [0.29, 0.717) is 37.2 Å². The van der Waals surface area contributed by atoms with Crippen molar-refractivity contribution < 1.29 is 24.0 Å². The fraction of sp³-hybridized carbons (Fsp3) is 0.286. The molecule has 0 bridgehead atoms. The highest BCUT2D eigenvalue weighted by Gasteiger charge is 2.45. The first kappa shape index (κ1) is 40.3. The van der Waals surface area contributed by atoms with Crippen molar-refractivity contribution in [1.29, 1.82) is 5.41 Å². The topological polar surface area (TPSA) is 171 Å². The van der Waals surface area contributed by atoms with E-state index in [-0.39, 0.29) is 42.3 Å². The van der Waals surface area contributed by atoms with E-state index in [1.54, 1.807) is 18.2 Å². The number of hydrogen-bond donors (Lipinski definition) is 4. The van der Waals surface area contributed by atoms with Crippen LogP contribution in [0.4, 0.5) is 5.69 Å². The van der Waals surface area contributed by atoms with E-state index in [9.17, 15) is 29.4 Å². The van der Waals surface area contributed by atoms with E-state index in [4.69, 9.17) is 4.98 Å². The molecule has 1 aliphatic carbocycles. The zero-order valence-corrected chi connectivity index (χ0v) is 34.4. The lowest BCUT2D eigenvalue weighted by Crippen LogP contribution is -2.54. The van der Waals surface area contributed by atoms with Crippen molar-refractivity contribution in [2.75, 3.05) is 11.9 Å². The fourth-order valence-corrected chi connectivity index (χ4v) is 9.21. The van der Waals surface area contributed by atoms with Crippen LogP contribution in [0, 0.1) is 5.41 Å². The van der Waals surface area contributed by atoms with Gasteiger partial charge in [-0.3, -0.25) is 39.6 Å². The largest absolute Gasteiger partial charge is 0.384 e. The molecule has 314 valence electrons. The second-order valence-electron chi connectivity index (χ2n) is 16.3. The number of fused-ring (bicyclic) bond motifs is 2. The minimum atomic E-state index is -1.04. The zero-order chi connectivity index (χ0) is 42.7. The summed E-state index contributed by atoms with van der Waals surface area (Å²) in [5, 5.41) is 18.9. The summed E-state index contributed by atoms with van der Waals surface area (Å²) in [5.74, 6) is -2.35. The van der Waals surface area contributed by atoms with E-state index in [0.717, 1.165) is 75.1 Å². The monoisotopic (exact) mass is 828 g/mol. The molecule has 1 saturated heterocycles.